The summed E-state index contributed by atoms with van der Waals surface area (Å²) in [5.41, 5.74) is 1.18. The average Bonchev–Trinajstić information content (AvgIpc) is 2.95. The van der Waals surface area contributed by atoms with E-state index in [1.165, 1.54) is 6.07 Å². The second-order valence-corrected chi connectivity index (χ2v) is 10.4. The number of carbonyl (C=O) groups is 3. The van der Waals surface area contributed by atoms with Crippen LogP contribution in [0.5, 0.6) is 0 Å². The van der Waals surface area contributed by atoms with Crippen molar-refractivity contribution in [3.63, 3.8) is 0 Å². The normalized spacial score (nSPS) is 14.8. The molecular formula is C31H22ClF2N4O5+. The summed E-state index contributed by atoms with van der Waals surface area (Å²) >= 11 is 6.42. The molecule has 12 heteroatoms. The molecule has 1 heterocycles. The van der Waals surface area contributed by atoms with Crippen LogP contribution in [0.4, 0.5) is 8.78 Å². The highest BCUT2D eigenvalue weighted by molar-refractivity contribution is 6.33. The van der Waals surface area contributed by atoms with Gasteiger partial charge in [0.15, 0.2) is 0 Å². The van der Waals surface area contributed by atoms with Crippen molar-refractivity contribution in [2.24, 2.45) is 0 Å². The molecule has 4 aromatic rings. The van der Waals surface area contributed by atoms with Crippen LogP contribution in [0.15, 0.2) is 60.8 Å². The number of aromatic nitrogens is 1. The molecule has 2 amide bonds. The van der Waals surface area contributed by atoms with Crippen LogP contribution in [-0.4, -0.2) is 50.5 Å². The van der Waals surface area contributed by atoms with E-state index in [0.29, 0.717) is 50.3 Å². The van der Waals surface area contributed by atoms with Crippen LogP contribution >= 0.6 is 11.6 Å². The summed E-state index contributed by atoms with van der Waals surface area (Å²) in [6.07, 6.45) is 1.78. The van der Waals surface area contributed by atoms with E-state index in [2.05, 4.69) is 15.6 Å². The number of ketones is 1. The van der Waals surface area contributed by atoms with Crippen molar-refractivity contribution in [1.29, 1.82) is 5.26 Å². The van der Waals surface area contributed by atoms with Crippen LogP contribution in [-0.2, 0) is 11.2 Å². The Morgan fingerprint density at radius 3 is 2.40 bits per heavy atom. The summed E-state index contributed by atoms with van der Waals surface area (Å²) in [5.74, 6) is -6.00. The molecule has 9 nitrogen and oxygen atoms in total. The first-order valence-electron chi connectivity index (χ1n) is 13.0. The third kappa shape index (κ3) is 6.05. The molecule has 1 fully saturated rings. The van der Waals surface area contributed by atoms with E-state index in [0.717, 1.165) is 0 Å². The number of nitrogens with one attached hydrogen (secondary N) is 2. The van der Waals surface area contributed by atoms with Crippen LogP contribution in [0, 0.1) is 23.0 Å². The van der Waals surface area contributed by atoms with Gasteiger partial charge in [-0.05, 0) is 35.9 Å². The number of fused-ring (bicyclic) bond motifs is 1. The summed E-state index contributed by atoms with van der Waals surface area (Å²) in [7, 11) is 0. The molecule has 0 spiro atoms. The number of pyridine rings is 1. The third-order valence-electron chi connectivity index (χ3n) is 7.11. The van der Waals surface area contributed by atoms with E-state index in [1.54, 1.807) is 42.6 Å². The van der Waals surface area contributed by atoms with Crippen LogP contribution in [0.25, 0.3) is 22.0 Å². The summed E-state index contributed by atoms with van der Waals surface area (Å²) in [4.78, 5) is 51.1. The van der Waals surface area contributed by atoms with Gasteiger partial charge in [0.1, 0.15) is 23.2 Å². The predicted molar refractivity (Wildman–Crippen MR) is 153 cm³/mol. The zero-order valence-electron chi connectivity index (χ0n) is 22.2. The molecule has 3 aromatic carbocycles. The Labute approximate surface area is 248 Å². The number of halogens is 3. The number of rotatable bonds is 8. The van der Waals surface area contributed by atoms with E-state index in [1.807, 2.05) is 6.07 Å². The maximum Gasteiger partial charge on any atom is 0.326 e. The smallest absolute Gasteiger partial charge is 0.326 e. The van der Waals surface area contributed by atoms with Crippen LogP contribution in [0.2, 0.25) is 5.02 Å². The summed E-state index contributed by atoms with van der Waals surface area (Å²) in [5, 5.41) is 24.6. The Hall–Kier alpha value is -5.21. The van der Waals surface area contributed by atoms with Gasteiger partial charge in [-0.1, -0.05) is 35.9 Å². The minimum absolute atomic E-state index is 0.207. The number of hydrogen-bond donors (Lipinski definition) is 3. The zero-order valence-corrected chi connectivity index (χ0v) is 23.0. The predicted octanol–water partition coefficient (Wildman–Crippen LogP) is 4.57. The van der Waals surface area contributed by atoms with Gasteiger partial charge in [0.05, 0.1) is 36.0 Å². The van der Waals surface area contributed by atoms with Crippen LogP contribution < -0.4 is 10.6 Å². The average molecular weight is 604 g/mol. The largest absolute Gasteiger partial charge is 0.480 e. The van der Waals surface area contributed by atoms with Gasteiger partial charge < -0.3 is 15.7 Å². The third-order valence-corrected chi connectivity index (χ3v) is 7.42. The topological polar surface area (TPSA) is 154 Å². The molecule has 43 heavy (non-hydrogen) atoms. The molecule has 0 bridgehead atoms. The number of hydrogen-bond acceptors (Lipinski definition) is 5. The first-order valence-corrected chi connectivity index (χ1v) is 13.4. The number of amides is 2. The number of nitrogens with zero attached hydrogens (tertiary/aromatic N) is 2. The molecule has 4 N–H and O–H groups in total. The molecule has 1 aromatic heterocycles. The van der Waals surface area contributed by atoms with Gasteiger partial charge in [0.2, 0.25) is 0 Å². The van der Waals surface area contributed by atoms with E-state index >= 15 is 0 Å². The van der Waals surface area contributed by atoms with Crippen molar-refractivity contribution in [3.05, 3.63) is 99.7 Å². The van der Waals surface area contributed by atoms with Crippen molar-refractivity contribution in [2.45, 2.75) is 31.3 Å². The molecule has 1 aliphatic carbocycles. The van der Waals surface area contributed by atoms with E-state index in [-0.39, 0.29) is 36.7 Å². The van der Waals surface area contributed by atoms with Crippen molar-refractivity contribution in [2.75, 3.05) is 0 Å². The maximum absolute atomic E-state index is 14.9. The Balaban J connectivity index is 1.39. The Bertz CT molecular complexity index is 1840. The molecule has 0 unspecified atom stereocenters. The van der Waals surface area contributed by atoms with Gasteiger partial charge in [-0.25, -0.2) is 13.6 Å². The molecule has 1 aliphatic rings. The van der Waals surface area contributed by atoms with Crippen LogP contribution in [0.3, 0.4) is 0 Å². The number of carbonyl (C=O) groups excluding carboxylic acids is 3. The van der Waals surface area contributed by atoms with Gasteiger partial charge in [0, 0.05) is 39.7 Å². The fraction of sp³-hybridized carbons (Fsp3) is 0.161. The molecule has 0 radical (unpaired) electrons. The molecule has 1 saturated carbocycles. The highest BCUT2D eigenvalue weighted by Crippen LogP contribution is 2.35. The Morgan fingerprint density at radius 1 is 1.07 bits per heavy atom. The number of carboxylic acid groups (broad SMARTS) is 1. The van der Waals surface area contributed by atoms with Crippen molar-refractivity contribution in [3.8, 4) is 17.2 Å². The van der Waals surface area contributed by atoms with E-state index < -0.39 is 41.0 Å². The van der Waals surface area contributed by atoms with Gasteiger partial charge in [0.25, 0.3) is 17.6 Å². The first-order chi connectivity index (χ1) is 20.5. The Kier molecular flexibility index (Phi) is 8.14. The van der Waals surface area contributed by atoms with Gasteiger partial charge >= 0.3 is 5.97 Å². The van der Waals surface area contributed by atoms with Crippen molar-refractivity contribution < 1.29 is 33.1 Å². The fourth-order valence-corrected chi connectivity index (χ4v) is 5.16. The van der Waals surface area contributed by atoms with E-state index in [4.69, 9.17) is 16.9 Å². The highest BCUT2D eigenvalue weighted by Gasteiger charge is 2.34. The SMILES string of the molecule is N#Cc1ccc(-c2ccc(C[C@H](NC(=O)c3c(F)cc(C(=O)NC4CC(=[OH+])C4)cc3F)C(=O)O)c3cccnc23)c(Cl)c1. The molecular weight excluding hydrogens is 582 g/mol. The number of carboxylic acids is 1. The van der Waals surface area contributed by atoms with Gasteiger partial charge in [-0.3, -0.25) is 19.4 Å². The standard InChI is InChI=1S/C31H21ClF2N4O5/c32-23-8-15(14-35)3-5-21(23)22-6-4-16(20-2-1-7-36-28(20)22)11-26(31(42)43)38-30(41)27-24(33)9-17(10-25(27)34)29(40)37-18-12-19(39)13-18/h1-10,18,26H,11-13H2,(H,37,40)(H,38,41)(H,42,43)/p+1/t26-/m0/s1. The number of nitriles is 1. The lowest BCUT2D eigenvalue weighted by molar-refractivity contribution is -0.139. The summed E-state index contributed by atoms with van der Waals surface area (Å²) in [6, 6.07) is 13.0. The van der Waals surface area contributed by atoms with Crippen molar-refractivity contribution >= 4 is 46.1 Å². The lowest BCUT2D eigenvalue weighted by Gasteiger charge is -2.21. The van der Waals surface area contributed by atoms with Gasteiger partial charge in [-0.15, -0.1) is 0 Å². The molecule has 1 atom stereocenters. The molecule has 0 aliphatic heterocycles. The number of benzene rings is 3. The second kappa shape index (κ2) is 12.0. The molecule has 5 rings (SSSR count). The fourth-order valence-electron chi connectivity index (χ4n) is 4.88. The van der Waals surface area contributed by atoms with Crippen molar-refractivity contribution in [1.82, 2.24) is 15.6 Å². The highest BCUT2D eigenvalue weighted by atomic mass is 35.5. The minimum atomic E-state index is -1.58. The summed E-state index contributed by atoms with van der Waals surface area (Å²) in [6.45, 7) is 0. The number of aliphatic carboxylic acids is 1. The first kappa shape index (κ1) is 29.3. The lowest BCUT2D eigenvalue weighted by atomic mass is 9.91. The monoisotopic (exact) mass is 603 g/mol. The minimum Gasteiger partial charge on any atom is -0.480 e. The zero-order chi connectivity index (χ0) is 30.8. The van der Waals surface area contributed by atoms with Crippen LogP contribution in [0.1, 0.15) is 44.7 Å². The second-order valence-electron chi connectivity index (χ2n) is 10.0. The Morgan fingerprint density at radius 2 is 1.77 bits per heavy atom. The lowest BCUT2D eigenvalue weighted by Crippen LogP contribution is -2.45. The molecule has 0 saturated heterocycles. The maximum atomic E-state index is 14.9. The van der Waals surface area contributed by atoms with Gasteiger partial charge in [-0.2, -0.15) is 5.26 Å². The summed E-state index contributed by atoms with van der Waals surface area (Å²) < 4.78 is 29.8. The molecule has 216 valence electrons. The van der Waals surface area contributed by atoms with E-state index in [9.17, 15) is 33.1 Å². The quantitative estimate of drug-likeness (QED) is 0.251.